The quantitative estimate of drug-likeness (QED) is 0.429. The van der Waals surface area contributed by atoms with Gasteiger partial charge in [-0.15, -0.1) is 35.3 Å². The molecule has 0 aliphatic carbocycles. The molecule has 1 aromatic carbocycles. The Morgan fingerprint density at radius 3 is 2.45 bits per heavy atom. The molecular weight excluding hydrogens is 412 g/mol. The summed E-state index contributed by atoms with van der Waals surface area (Å²) in [6, 6.07) is 10.8. The SMILES string of the molecule is CN=C(NCCc1ccc(F)cc1)NCc1ccc(C)s1.I. The summed E-state index contributed by atoms with van der Waals surface area (Å²) in [5.74, 6) is 0.582. The van der Waals surface area contributed by atoms with Crippen molar-refractivity contribution in [1.29, 1.82) is 0 Å². The molecule has 1 heterocycles. The fourth-order valence-corrected chi connectivity index (χ4v) is 2.78. The Bertz CT molecular complexity index is 596. The first-order valence-corrected chi connectivity index (χ1v) is 7.73. The van der Waals surface area contributed by atoms with E-state index in [4.69, 9.17) is 0 Å². The number of benzene rings is 1. The second-order valence-corrected chi connectivity index (χ2v) is 6.11. The highest BCUT2D eigenvalue weighted by molar-refractivity contribution is 14.0. The Morgan fingerprint density at radius 2 is 1.86 bits per heavy atom. The van der Waals surface area contributed by atoms with Gasteiger partial charge in [-0.25, -0.2) is 4.39 Å². The smallest absolute Gasteiger partial charge is 0.191 e. The van der Waals surface area contributed by atoms with Gasteiger partial charge in [0, 0.05) is 23.3 Å². The van der Waals surface area contributed by atoms with Gasteiger partial charge >= 0.3 is 0 Å². The number of guanidine groups is 1. The van der Waals surface area contributed by atoms with E-state index in [-0.39, 0.29) is 29.8 Å². The molecule has 0 atom stereocenters. The van der Waals surface area contributed by atoms with Crippen molar-refractivity contribution in [3.05, 3.63) is 57.5 Å². The Hall–Kier alpha value is -1.15. The second kappa shape index (κ2) is 9.78. The van der Waals surface area contributed by atoms with Crippen LogP contribution in [0.15, 0.2) is 41.4 Å². The normalized spacial score (nSPS) is 11.0. The van der Waals surface area contributed by atoms with Crippen molar-refractivity contribution in [2.75, 3.05) is 13.6 Å². The summed E-state index contributed by atoms with van der Waals surface area (Å²) in [4.78, 5) is 6.79. The van der Waals surface area contributed by atoms with Gasteiger partial charge in [-0.3, -0.25) is 4.99 Å². The van der Waals surface area contributed by atoms with E-state index in [1.54, 1.807) is 18.4 Å². The molecule has 0 bridgehead atoms. The highest BCUT2D eigenvalue weighted by atomic mass is 127. The number of aliphatic imine (C=N–C) groups is 1. The van der Waals surface area contributed by atoms with Crippen LogP contribution in [0.4, 0.5) is 4.39 Å². The molecule has 2 aromatic rings. The van der Waals surface area contributed by atoms with Gasteiger partial charge in [0.25, 0.3) is 0 Å². The van der Waals surface area contributed by atoms with E-state index in [1.807, 2.05) is 12.1 Å². The number of aryl methyl sites for hydroxylation is 1. The Kier molecular flexibility index (Phi) is 8.40. The number of halogens is 2. The topological polar surface area (TPSA) is 36.4 Å². The maximum atomic E-state index is 12.8. The predicted molar refractivity (Wildman–Crippen MR) is 103 cm³/mol. The Labute approximate surface area is 152 Å². The first-order chi connectivity index (χ1) is 10.2. The van der Waals surface area contributed by atoms with Crippen molar-refractivity contribution in [3.8, 4) is 0 Å². The molecule has 22 heavy (non-hydrogen) atoms. The van der Waals surface area contributed by atoms with E-state index in [9.17, 15) is 4.39 Å². The molecule has 3 nitrogen and oxygen atoms in total. The molecule has 0 spiro atoms. The average molecular weight is 433 g/mol. The maximum Gasteiger partial charge on any atom is 0.191 e. The van der Waals surface area contributed by atoms with Gasteiger partial charge in [0.1, 0.15) is 5.82 Å². The summed E-state index contributed by atoms with van der Waals surface area (Å²) in [5, 5.41) is 6.54. The lowest BCUT2D eigenvalue weighted by atomic mass is 10.1. The van der Waals surface area contributed by atoms with Gasteiger partial charge in [-0.05, 0) is 43.2 Å². The molecule has 6 heteroatoms. The van der Waals surface area contributed by atoms with Gasteiger partial charge in [0.15, 0.2) is 5.96 Å². The first-order valence-electron chi connectivity index (χ1n) is 6.91. The minimum absolute atomic E-state index is 0. The highest BCUT2D eigenvalue weighted by Crippen LogP contribution is 2.14. The molecule has 120 valence electrons. The molecule has 0 unspecified atom stereocenters. The zero-order valence-electron chi connectivity index (χ0n) is 12.7. The number of hydrogen-bond donors (Lipinski definition) is 2. The molecular formula is C16H21FIN3S. The third-order valence-corrected chi connectivity index (χ3v) is 4.07. The van der Waals surface area contributed by atoms with Crippen molar-refractivity contribution in [2.45, 2.75) is 19.9 Å². The first kappa shape index (κ1) is 18.9. The molecule has 1 aromatic heterocycles. The highest BCUT2D eigenvalue weighted by Gasteiger charge is 2.00. The Morgan fingerprint density at radius 1 is 1.14 bits per heavy atom. The summed E-state index contributed by atoms with van der Waals surface area (Å²) in [6.45, 7) is 3.63. The maximum absolute atomic E-state index is 12.8. The van der Waals surface area contributed by atoms with E-state index >= 15 is 0 Å². The summed E-state index contributed by atoms with van der Waals surface area (Å²) in [6.07, 6.45) is 0.832. The van der Waals surface area contributed by atoms with Gasteiger partial charge in [0.05, 0.1) is 6.54 Å². The van der Waals surface area contributed by atoms with Gasteiger partial charge < -0.3 is 10.6 Å². The minimum Gasteiger partial charge on any atom is -0.356 e. The van der Waals surface area contributed by atoms with Crippen LogP contribution in [0, 0.1) is 12.7 Å². The van der Waals surface area contributed by atoms with Crippen molar-refractivity contribution >= 4 is 41.3 Å². The minimum atomic E-state index is -0.199. The zero-order valence-corrected chi connectivity index (χ0v) is 15.9. The third kappa shape index (κ3) is 6.31. The molecule has 0 saturated heterocycles. The molecule has 0 saturated carbocycles. The van der Waals surface area contributed by atoms with Gasteiger partial charge in [-0.2, -0.15) is 0 Å². The number of rotatable bonds is 5. The lowest BCUT2D eigenvalue weighted by molar-refractivity contribution is 0.626. The van der Waals surface area contributed by atoms with Crippen LogP contribution in [-0.4, -0.2) is 19.6 Å². The van der Waals surface area contributed by atoms with E-state index in [0.717, 1.165) is 31.0 Å². The Balaban J connectivity index is 0.00000242. The largest absolute Gasteiger partial charge is 0.356 e. The van der Waals surface area contributed by atoms with Crippen LogP contribution in [0.25, 0.3) is 0 Å². The summed E-state index contributed by atoms with van der Waals surface area (Å²) >= 11 is 1.78. The average Bonchev–Trinajstić information content (AvgIpc) is 2.90. The van der Waals surface area contributed by atoms with Crippen LogP contribution in [0.1, 0.15) is 15.3 Å². The second-order valence-electron chi connectivity index (χ2n) is 4.74. The molecule has 2 rings (SSSR count). The van der Waals surface area contributed by atoms with Crippen LogP contribution in [0.3, 0.4) is 0 Å². The monoisotopic (exact) mass is 433 g/mol. The fourth-order valence-electron chi connectivity index (χ4n) is 1.95. The molecule has 0 amide bonds. The third-order valence-electron chi connectivity index (χ3n) is 3.07. The lowest BCUT2D eigenvalue weighted by Gasteiger charge is -2.11. The zero-order chi connectivity index (χ0) is 15.1. The van der Waals surface area contributed by atoms with Crippen LogP contribution >= 0.6 is 35.3 Å². The summed E-state index contributed by atoms with van der Waals surface area (Å²) < 4.78 is 12.8. The van der Waals surface area contributed by atoms with Crippen LogP contribution in [-0.2, 0) is 13.0 Å². The van der Waals surface area contributed by atoms with Gasteiger partial charge in [0.2, 0.25) is 0 Å². The van der Waals surface area contributed by atoms with E-state index < -0.39 is 0 Å². The molecule has 0 radical (unpaired) electrons. The van der Waals surface area contributed by atoms with Crippen molar-refractivity contribution in [1.82, 2.24) is 10.6 Å². The number of nitrogens with one attached hydrogen (secondary N) is 2. The van der Waals surface area contributed by atoms with Crippen LogP contribution < -0.4 is 10.6 Å². The van der Waals surface area contributed by atoms with E-state index in [1.165, 1.54) is 21.9 Å². The molecule has 2 N–H and O–H groups in total. The van der Waals surface area contributed by atoms with Crippen molar-refractivity contribution in [2.24, 2.45) is 4.99 Å². The lowest BCUT2D eigenvalue weighted by Crippen LogP contribution is -2.37. The van der Waals surface area contributed by atoms with Crippen LogP contribution in [0.2, 0.25) is 0 Å². The van der Waals surface area contributed by atoms with Crippen molar-refractivity contribution in [3.63, 3.8) is 0 Å². The van der Waals surface area contributed by atoms with Crippen LogP contribution in [0.5, 0.6) is 0 Å². The van der Waals surface area contributed by atoms with Crippen molar-refractivity contribution < 1.29 is 4.39 Å². The number of hydrogen-bond acceptors (Lipinski definition) is 2. The molecule has 0 fully saturated rings. The van der Waals surface area contributed by atoms with E-state index in [2.05, 4.69) is 34.7 Å². The van der Waals surface area contributed by atoms with E-state index in [0.29, 0.717) is 0 Å². The fraction of sp³-hybridized carbons (Fsp3) is 0.312. The summed E-state index contributed by atoms with van der Waals surface area (Å²) in [7, 11) is 1.76. The number of thiophene rings is 1. The molecule has 0 aliphatic rings. The standard InChI is InChI=1S/C16H20FN3S.HI/c1-12-3-8-15(21-12)11-20-16(18-2)19-10-9-13-4-6-14(17)7-5-13;/h3-8H,9-11H2,1-2H3,(H2,18,19,20);1H. The molecule has 0 aliphatic heterocycles. The van der Waals surface area contributed by atoms with Gasteiger partial charge in [-0.1, -0.05) is 12.1 Å². The summed E-state index contributed by atoms with van der Waals surface area (Å²) in [5.41, 5.74) is 1.10. The predicted octanol–water partition coefficient (Wildman–Crippen LogP) is 3.72. The number of nitrogens with zero attached hydrogens (tertiary/aromatic N) is 1.